The lowest BCUT2D eigenvalue weighted by molar-refractivity contribution is 0.621. The van der Waals surface area contributed by atoms with E-state index < -0.39 is 0 Å². The molecule has 1 heterocycles. The molecular formula is C28H34FN3. The van der Waals surface area contributed by atoms with Crippen LogP contribution in [0.5, 0.6) is 0 Å². The average molecular weight is 432 g/mol. The summed E-state index contributed by atoms with van der Waals surface area (Å²) in [6, 6.07) is 13.1. The van der Waals surface area contributed by atoms with Crippen molar-refractivity contribution in [3.8, 4) is 22.3 Å². The molecule has 2 N–H and O–H groups in total. The molecule has 1 saturated carbocycles. The molecule has 0 saturated heterocycles. The van der Waals surface area contributed by atoms with Crippen molar-refractivity contribution in [3.05, 3.63) is 65.1 Å². The van der Waals surface area contributed by atoms with Crippen molar-refractivity contribution in [1.82, 2.24) is 4.98 Å². The van der Waals surface area contributed by atoms with E-state index in [1.165, 1.54) is 25.7 Å². The lowest BCUT2D eigenvalue weighted by atomic mass is 9.87. The first kappa shape index (κ1) is 22.3. The Bertz CT molecular complexity index is 1050. The summed E-state index contributed by atoms with van der Waals surface area (Å²) >= 11 is 0. The summed E-state index contributed by atoms with van der Waals surface area (Å²) in [5, 5.41) is 6.92. The van der Waals surface area contributed by atoms with Crippen molar-refractivity contribution in [2.75, 3.05) is 10.6 Å². The summed E-state index contributed by atoms with van der Waals surface area (Å²) in [6.45, 7) is 10.2. The van der Waals surface area contributed by atoms with Crippen LogP contribution in [-0.4, -0.2) is 17.1 Å². The maximum atomic E-state index is 15.7. The Hall–Kier alpha value is -2.88. The van der Waals surface area contributed by atoms with Gasteiger partial charge >= 0.3 is 0 Å². The molecule has 3 nitrogen and oxygen atoms in total. The highest BCUT2D eigenvalue weighted by atomic mass is 19.1. The largest absolute Gasteiger partial charge is 0.383 e. The number of benzene rings is 2. The molecule has 0 aliphatic heterocycles. The predicted molar refractivity (Wildman–Crippen MR) is 134 cm³/mol. The summed E-state index contributed by atoms with van der Waals surface area (Å²) in [5.41, 5.74) is 7.32. The molecule has 4 heteroatoms. The van der Waals surface area contributed by atoms with Crippen LogP contribution < -0.4 is 10.6 Å². The molecule has 1 fully saturated rings. The fraction of sp³-hybridized carbons (Fsp3) is 0.393. The van der Waals surface area contributed by atoms with Crippen molar-refractivity contribution < 1.29 is 4.39 Å². The second-order valence-electron chi connectivity index (χ2n) is 9.37. The molecule has 2 aromatic carbocycles. The Kier molecular flexibility index (Phi) is 6.50. The number of anilines is 2. The summed E-state index contributed by atoms with van der Waals surface area (Å²) < 4.78 is 15.7. The molecule has 1 aliphatic carbocycles. The minimum Gasteiger partial charge on any atom is -0.383 e. The number of hydrogen-bond donors (Lipinski definition) is 2. The molecule has 0 atom stereocenters. The van der Waals surface area contributed by atoms with Gasteiger partial charge < -0.3 is 10.6 Å². The fourth-order valence-corrected chi connectivity index (χ4v) is 4.87. The summed E-state index contributed by atoms with van der Waals surface area (Å²) in [7, 11) is 0. The minimum absolute atomic E-state index is 0.161. The molecule has 1 aliphatic rings. The highest BCUT2D eigenvalue weighted by Gasteiger charge is 2.20. The molecule has 0 spiro atoms. The number of rotatable bonds is 6. The molecule has 0 unspecified atom stereocenters. The third kappa shape index (κ3) is 4.50. The average Bonchev–Trinajstić information content (AvgIpc) is 3.28. The Morgan fingerprint density at radius 1 is 0.844 bits per heavy atom. The molecule has 4 rings (SSSR count). The lowest BCUT2D eigenvalue weighted by Gasteiger charge is -2.20. The number of nitrogens with zero attached hydrogens (tertiary/aromatic N) is 1. The first-order valence-electron chi connectivity index (χ1n) is 11.7. The highest BCUT2D eigenvalue weighted by molar-refractivity contribution is 5.81. The van der Waals surface area contributed by atoms with E-state index in [0.717, 1.165) is 39.3 Å². The number of pyridine rings is 1. The van der Waals surface area contributed by atoms with Crippen molar-refractivity contribution >= 4 is 11.5 Å². The Morgan fingerprint density at radius 2 is 1.47 bits per heavy atom. The van der Waals surface area contributed by atoms with Crippen molar-refractivity contribution in [2.45, 2.75) is 72.4 Å². The summed E-state index contributed by atoms with van der Waals surface area (Å²) in [5.74, 6) is 0.713. The Balaban J connectivity index is 1.66. The number of nitrogens with one attached hydrogen (secondary N) is 2. The third-order valence-electron chi connectivity index (χ3n) is 6.62. The molecule has 0 radical (unpaired) electrons. The molecule has 3 aromatic rings. The zero-order valence-corrected chi connectivity index (χ0v) is 19.8. The third-order valence-corrected chi connectivity index (χ3v) is 6.62. The van der Waals surface area contributed by atoms with Crippen LogP contribution in [-0.2, 0) is 0 Å². The van der Waals surface area contributed by atoms with Crippen LogP contribution in [0.25, 0.3) is 22.3 Å². The quantitative estimate of drug-likeness (QED) is 0.421. The molecule has 168 valence electrons. The van der Waals surface area contributed by atoms with E-state index in [-0.39, 0.29) is 5.82 Å². The van der Waals surface area contributed by atoms with Crippen molar-refractivity contribution in [1.29, 1.82) is 0 Å². The monoisotopic (exact) mass is 431 g/mol. The Morgan fingerprint density at radius 3 is 2.06 bits per heavy atom. The highest BCUT2D eigenvalue weighted by Crippen LogP contribution is 2.38. The van der Waals surface area contributed by atoms with Crippen LogP contribution in [0.4, 0.5) is 15.9 Å². The van der Waals surface area contributed by atoms with Crippen molar-refractivity contribution in [3.63, 3.8) is 0 Å². The van der Waals surface area contributed by atoms with E-state index in [0.29, 0.717) is 23.2 Å². The SMILES string of the molecule is Cc1c(C)c(-c2ccc(NC3CCCC3)nc2)c(F)c(C)c1-c1ccc(NC(C)C)cc1. The second-order valence-corrected chi connectivity index (χ2v) is 9.37. The van der Waals surface area contributed by atoms with Crippen molar-refractivity contribution in [2.24, 2.45) is 0 Å². The molecule has 0 bridgehead atoms. The van der Waals surface area contributed by atoms with Crippen LogP contribution in [0, 0.1) is 26.6 Å². The lowest BCUT2D eigenvalue weighted by Crippen LogP contribution is -2.15. The van der Waals surface area contributed by atoms with Crippen LogP contribution in [0.15, 0.2) is 42.6 Å². The standard InChI is InChI=1S/C28H34FN3/c1-17(2)31-24-13-10-21(11-14-24)26-18(3)19(4)27(28(29)20(26)5)22-12-15-25(30-16-22)32-23-8-6-7-9-23/h10-17,23,31H,6-9H2,1-5H3,(H,30,32). The normalized spacial score (nSPS) is 14.2. The number of halogens is 1. The topological polar surface area (TPSA) is 37.0 Å². The van der Waals surface area contributed by atoms with E-state index in [9.17, 15) is 0 Å². The van der Waals surface area contributed by atoms with Gasteiger partial charge in [0.1, 0.15) is 11.6 Å². The van der Waals surface area contributed by atoms with Crippen LogP contribution in [0.2, 0.25) is 0 Å². The minimum atomic E-state index is -0.161. The fourth-order valence-electron chi connectivity index (χ4n) is 4.87. The van der Waals surface area contributed by atoms with E-state index >= 15 is 4.39 Å². The predicted octanol–water partition coefficient (Wildman–Crippen LogP) is 7.65. The molecule has 32 heavy (non-hydrogen) atoms. The zero-order valence-electron chi connectivity index (χ0n) is 19.8. The van der Waals surface area contributed by atoms with E-state index in [2.05, 4.69) is 60.7 Å². The van der Waals surface area contributed by atoms with Crippen LogP contribution in [0.1, 0.15) is 56.2 Å². The summed E-state index contributed by atoms with van der Waals surface area (Å²) in [4.78, 5) is 4.59. The van der Waals surface area contributed by atoms with Crippen LogP contribution in [0.3, 0.4) is 0 Å². The second kappa shape index (κ2) is 9.32. The van der Waals surface area contributed by atoms with Gasteiger partial charge in [-0.2, -0.15) is 0 Å². The van der Waals surface area contributed by atoms with Gasteiger partial charge in [0.05, 0.1) is 0 Å². The first-order valence-corrected chi connectivity index (χ1v) is 11.7. The van der Waals surface area contributed by atoms with Gasteiger partial charge in [0.15, 0.2) is 0 Å². The van der Waals surface area contributed by atoms with Gasteiger partial charge in [-0.3, -0.25) is 0 Å². The smallest absolute Gasteiger partial charge is 0.134 e. The maximum absolute atomic E-state index is 15.7. The van der Waals surface area contributed by atoms with Gasteiger partial charge in [-0.05, 0) is 99.5 Å². The summed E-state index contributed by atoms with van der Waals surface area (Å²) in [6.07, 6.45) is 6.76. The number of hydrogen-bond acceptors (Lipinski definition) is 3. The van der Waals surface area contributed by atoms with Gasteiger partial charge in [0, 0.05) is 35.1 Å². The van der Waals surface area contributed by atoms with Gasteiger partial charge in [-0.25, -0.2) is 9.37 Å². The van der Waals surface area contributed by atoms with E-state index in [1.54, 1.807) is 6.20 Å². The van der Waals surface area contributed by atoms with E-state index in [4.69, 9.17) is 0 Å². The van der Waals surface area contributed by atoms with Gasteiger partial charge in [-0.15, -0.1) is 0 Å². The Labute approximate surface area is 191 Å². The maximum Gasteiger partial charge on any atom is 0.134 e. The molecule has 1 aromatic heterocycles. The van der Waals surface area contributed by atoms with Gasteiger partial charge in [0.25, 0.3) is 0 Å². The number of aromatic nitrogens is 1. The van der Waals surface area contributed by atoms with Crippen LogP contribution >= 0.6 is 0 Å². The first-order chi connectivity index (χ1) is 15.3. The van der Waals surface area contributed by atoms with Gasteiger partial charge in [-0.1, -0.05) is 25.0 Å². The zero-order chi connectivity index (χ0) is 22.8. The molecular weight excluding hydrogens is 397 g/mol. The van der Waals surface area contributed by atoms with E-state index in [1.807, 2.05) is 26.0 Å². The molecule has 0 amide bonds. The van der Waals surface area contributed by atoms with Gasteiger partial charge in [0.2, 0.25) is 0 Å².